The topological polar surface area (TPSA) is 27.1 Å². The molecule has 0 N–H and O–H groups in total. The largest absolute Gasteiger partial charge is 0.573 e. The Bertz CT molecular complexity index is 668. The van der Waals surface area contributed by atoms with E-state index in [2.05, 4.69) is 15.8 Å². The molecule has 0 atom stereocenters. The molecule has 1 aromatic carbocycles. The molecule has 0 unspecified atom stereocenters. The highest BCUT2D eigenvalue weighted by Gasteiger charge is 2.32. The van der Waals surface area contributed by atoms with Crippen molar-refractivity contribution in [2.24, 2.45) is 0 Å². The van der Waals surface area contributed by atoms with Crippen molar-refractivity contribution >= 4 is 0 Å². The summed E-state index contributed by atoms with van der Waals surface area (Å²) >= 11 is 0. The van der Waals surface area contributed by atoms with E-state index >= 15 is 0 Å². The maximum Gasteiger partial charge on any atom is 0.573 e. The summed E-state index contributed by atoms with van der Waals surface area (Å²) in [5, 5.41) is 4.10. The van der Waals surface area contributed by atoms with Crippen molar-refractivity contribution in [1.82, 2.24) is 9.78 Å². The molecule has 0 fully saturated rings. The Balaban J connectivity index is 2.45. The average molecular weight is 294 g/mol. The number of aryl methyl sites for hydroxylation is 1. The SMILES string of the molecule is C#Cc1ccc(OC(F)(F)F)c(-c2cnn(CCC)c2)c1. The predicted molar refractivity (Wildman–Crippen MR) is 72.6 cm³/mol. The molecule has 0 aliphatic rings. The van der Waals surface area contributed by atoms with Crippen LogP contribution < -0.4 is 4.74 Å². The predicted octanol–water partition coefficient (Wildman–Crippen LogP) is 3.84. The summed E-state index contributed by atoms with van der Waals surface area (Å²) in [5.41, 5.74) is 1.27. The normalized spacial score (nSPS) is 11.2. The summed E-state index contributed by atoms with van der Waals surface area (Å²) in [5.74, 6) is 2.10. The first kappa shape index (κ1) is 15.0. The third kappa shape index (κ3) is 3.78. The van der Waals surface area contributed by atoms with Crippen molar-refractivity contribution in [1.29, 1.82) is 0 Å². The molecule has 1 aromatic heterocycles. The van der Waals surface area contributed by atoms with Gasteiger partial charge >= 0.3 is 6.36 Å². The molecule has 0 radical (unpaired) electrons. The summed E-state index contributed by atoms with van der Waals surface area (Å²) in [7, 11) is 0. The molecule has 0 spiro atoms. The van der Waals surface area contributed by atoms with Crippen molar-refractivity contribution in [3.05, 3.63) is 36.2 Å². The lowest BCUT2D eigenvalue weighted by Gasteiger charge is -2.12. The fraction of sp³-hybridized carbons (Fsp3) is 0.267. The lowest BCUT2D eigenvalue weighted by Crippen LogP contribution is -2.17. The average Bonchev–Trinajstić information content (AvgIpc) is 2.86. The molecular weight excluding hydrogens is 281 g/mol. The summed E-state index contributed by atoms with van der Waals surface area (Å²) in [4.78, 5) is 0. The van der Waals surface area contributed by atoms with Gasteiger partial charge in [0.05, 0.1) is 6.20 Å². The molecule has 0 amide bonds. The molecule has 0 bridgehead atoms. The maximum atomic E-state index is 12.5. The zero-order chi connectivity index (χ0) is 15.5. The van der Waals surface area contributed by atoms with Crippen molar-refractivity contribution in [3.8, 4) is 29.2 Å². The highest BCUT2D eigenvalue weighted by Crippen LogP contribution is 2.34. The standard InChI is InChI=1S/C15H13F3N2O/c1-3-7-20-10-12(9-19-20)13-8-11(4-2)5-6-14(13)21-15(16,17)18/h2,5-6,8-10H,3,7H2,1H3. The van der Waals surface area contributed by atoms with Gasteiger partial charge in [0, 0.05) is 29.4 Å². The molecule has 2 aromatic rings. The Morgan fingerprint density at radius 2 is 2.14 bits per heavy atom. The highest BCUT2D eigenvalue weighted by molar-refractivity contribution is 5.71. The van der Waals surface area contributed by atoms with Crippen molar-refractivity contribution < 1.29 is 17.9 Å². The van der Waals surface area contributed by atoms with E-state index in [-0.39, 0.29) is 11.3 Å². The summed E-state index contributed by atoms with van der Waals surface area (Å²) < 4.78 is 43.1. The first-order valence-corrected chi connectivity index (χ1v) is 6.32. The Morgan fingerprint density at radius 1 is 1.38 bits per heavy atom. The number of halogens is 3. The number of ether oxygens (including phenoxy) is 1. The van der Waals surface area contributed by atoms with Crippen LogP contribution in [0.1, 0.15) is 18.9 Å². The maximum absolute atomic E-state index is 12.5. The van der Waals surface area contributed by atoms with Crippen molar-refractivity contribution in [2.45, 2.75) is 26.3 Å². The minimum Gasteiger partial charge on any atom is -0.405 e. The van der Waals surface area contributed by atoms with Crippen LogP contribution in [0.2, 0.25) is 0 Å². The van der Waals surface area contributed by atoms with Crippen molar-refractivity contribution in [2.75, 3.05) is 0 Å². The van der Waals surface area contributed by atoms with Gasteiger partial charge in [0.2, 0.25) is 0 Å². The van der Waals surface area contributed by atoms with Gasteiger partial charge in [0.25, 0.3) is 0 Å². The van der Waals surface area contributed by atoms with Crippen LogP contribution in [-0.2, 0) is 6.54 Å². The fourth-order valence-electron chi connectivity index (χ4n) is 1.91. The highest BCUT2D eigenvalue weighted by atomic mass is 19.4. The lowest BCUT2D eigenvalue weighted by atomic mass is 10.1. The Labute approximate surface area is 120 Å². The van der Waals surface area contributed by atoms with E-state index in [1.807, 2.05) is 6.92 Å². The van der Waals surface area contributed by atoms with E-state index < -0.39 is 6.36 Å². The molecule has 110 valence electrons. The van der Waals surface area contributed by atoms with Gasteiger partial charge < -0.3 is 4.74 Å². The van der Waals surface area contributed by atoms with Crippen LogP contribution in [0.25, 0.3) is 11.1 Å². The minimum absolute atomic E-state index is 0.269. The van der Waals surface area contributed by atoms with E-state index in [0.29, 0.717) is 17.7 Å². The number of hydrogen-bond donors (Lipinski definition) is 0. The second kappa shape index (κ2) is 5.92. The zero-order valence-electron chi connectivity index (χ0n) is 11.3. The second-order valence-electron chi connectivity index (χ2n) is 4.40. The molecule has 0 aliphatic heterocycles. The van der Waals surface area contributed by atoms with Gasteiger partial charge in [-0.3, -0.25) is 4.68 Å². The van der Waals surface area contributed by atoms with Crippen LogP contribution >= 0.6 is 0 Å². The Kier molecular flexibility index (Phi) is 4.22. The summed E-state index contributed by atoms with van der Waals surface area (Å²) in [6, 6.07) is 4.10. The number of hydrogen-bond acceptors (Lipinski definition) is 2. The number of benzene rings is 1. The van der Waals surface area contributed by atoms with Gasteiger partial charge in [-0.25, -0.2) is 0 Å². The molecule has 1 heterocycles. The van der Waals surface area contributed by atoms with E-state index in [9.17, 15) is 13.2 Å². The van der Waals surface area contributed by atoms with E-state index in [1.54, 1.807) is 10.9 Å². The first-order valence-electron chi connectivity index (χ1n) is 6.32. The molecule has 0 saturated carbocycles. The Hall–Kier alpha value is -2.42. The molecule has 0 aliphatic carbocycles. The second-order valence-corrected chi connectivity index (χ2v) is 4.40. The number of aromatic nitrogens is 2. The smallest absolute Gasteiger partial charge is 0.405 e. The Morgan fingerprint density at radius 3 is 2.76 bits per heavy atom. The monoisotopic (exact) mass is 294 g/mol. The van der Waals surface area contributed by atoms with Crippen LogP contribution in [0.5, 0.6) is 5.75 Å². The minimum atomic E-state index is -4.76. The third-order valence-corrected chi connectivity index (χ3v) is 2.77. The van der Waals surface area contributed by atoms with Crippen LogP contribution in [0.15, 0.2) is 30.6 Å². The van der Waals surface area contributed by atoms with Crippen LogP contribution in [0.3, 0.4) is 0 Å². The molecule has 2 rings (SSSR count). The number of terminal acetylenes is 1. The van der Waals surface area contributed by atoms with Gasteiger partial charge in [-0.15, -0.1) is 19.6 Å². The van der Waals surface area contributed by atoms with Gasteiger partial charge in [0.15, 0.2) is 0 Å². The van der Waals surface area contributed by atoms with Gasteiger partial charge in [0.1, 0.15) is 5.75 Å². The van der Waals surface area contributed by atoms with Gasteiger partial charge in [-0.05, 0) is 24.6 Å². The van der Waals surface area contributed by atoms with Gasteiger partial charge in [-0.2, -0.15) is 5.10 Å². The number of alkyl halides is 3. The van der Waals surface area contributed by atoms with E-state index in [4.69, 9.17) is 6.42 Å². The molecule has 21 heavy (non-hydrogen) atoms. The third-order valence-electron chi connectivity index (χ3n) is 2.77. The summed E-state index contributed by atoms with van der Waals surface area (Å²) in [6.07, 6.45) is 4.57. The molecule has 0 saturated heterocycles. The zero-order valence-corrected chi connectivity index (χ0v) is 11.3. The van der Waals surface area contributed by atoms with Crippen molar-refractivity contribution in [3.63, 3.8) is 0 Å². The van der Waals surface area contributed by atoms with Crippen LogP contribution in [0, 0.1) is 12.3 Å². The molecule has 6 heteroatoms. The number of nitrogens with zero attached hydrogens (tertiary/aromatic N) is 2. The van der Waals surface area contributed by atoms with E-state index in [1.165, 1.54) is 24.4 Å². The quantitative estimate of drug-likeness (QED) is 0.801. The molecular formula is C15H13F3N2O. The first-order chi connectivity index (χ1) is 9.93. The number of rotatable bonds is 4. The lowest BCUT2D eigenvalue weighted by molar-refractivity contribution is -0.274. The van der Waals surface area contributed by atoms with Crippen LogP contribution in [0.4, 0.5) is 13.2 Å². The molecule has 3 nitrogen and oxygen atoms in total. The van der Waals surface area contributed by atoms with E-state index in [0.717, 1.165) is 6.42 Å². The van der Waals surface area contributed by atoms with Gasteiger partial charge in [-0.1, -0.05) is 12.8 Å². The fourth-order valence-corrected chi connectivity index (χ4v) is 1.91. The van der Waals surface area contributed by atoms with Crippen LogP contribution in [-0.4, -0.2) is 16.1 Å². The summed E-state index contributed by atoms with van der Waals surface area (Å²) in [6.45, 7) is 2.67.